The van der Waals surface area contributed by atoms with Crippen LogP contribution in [-0.4, -0.2) is 34.0 Å². The van der Waals surface area contributed by atoms with Gasteiger partial charge in [-0.1, -0.05) is 30.3 Å². The van der Waals surface area contributed by atoms with Crippen molar-refractivity contribution in [3.8, 4) is 11.4 Å². The molecule has 1 heterocycles. The number of hydrogen-bond donors (Lipinski definition) is 1. The van der Waals surface area contributed by atoms with Gasteiger partial charge in [0.2, 0.25) is 0 Å². The van der Waals surface area contributed by atoms with Gasteiger partial charge < -0.3 is 10.1 Å². The second-order valence-electron chi connectivity index (χ2n) is 7.86. The van der Waals surface area contributed by atoms with E-state index < -0.39 is 24.2 Å². The lowest BCUT2D eigenvalue weighted by molar-refractivity contribution is -0.174. The van der Waals surface area contributed by atoms with E-state index in [2.05, 4.69) is 5.10 Å². The second-order valence-corrected chi connectivity index (χ2v) is 7.86. The zero-order valence-corrected chi connectivity index (χ0v) is 18.1. The number of carbonyl (C=O) groups excluding carboxylic acids is 1. The third-order valence-corrected chi connectivity index (χ3v) is 5.35. The average Bonchev–Trinajstić information content (AvgIpc) is 3.22. The number of benzene rings is 3. The number of ether oxygens (including phenoxy) is 1. The number of carbonyl (C=O) groups is 1. The third kappa shape index (κ3) is 5.36. The highest BCUT2D eigenvalue weighted by molar-refractivity contribution is 5.82. The summed E-state index contributed by atoms with van der Waals surface area (Å²) in [5.41, 5.74) is 2.28. The van der Waals surface area contributed by atoms with Crippen molar-refractivity contribution in [2.24, 2.45) is 0 Å². The zero-order valence-electron chi connectivity index (χ0n) is 18.1. The van der Waals surface area contributed by atoms with E-state index >= 15 is 0 Å². The lowest BCUT2D eigenvalue weighted by atomic mass is 10.0. The summed E-state index contributed by atoms with van der Waals surface area (Å²) >= 11 is 0. The first-order valence-corrected chi connectivity index (χ1v) is 10.5. The van der Waals surface area contributed by atoms with Gasteiger partial charge in [-0.05, 0) is 55.0 Å². The fourth-order valence-corrected chi connectivity index (χ4v) is 3.60. The van der Waals surface area contributed by atoms with Gasteiger partial charge in [0.25, 0.3) is 0 Å². The van der Waals surface area contributed by atoms with E-state index in [-0.39, 0.29) is 12.2 Å². The van der Waals surface area contributed by atoms with Crippen LogP contribution in [0, 0.1) is 5.82 Å². The minimum absolute atomic E-state index is 0.285. The predicted octanol–water partition coefficient (Wildman–Crippen LogP) is 5.22. The Bertz CT molecular complexity index is 1270. The standard InChI is InChI=1S/C25H21F4N3O2/c1-16(31-24(33)25(27,28)29)23(13-17-5-3-2-4-6-17)34-21-11-12-22-18(14-21)15-30-32(22)20-9-7-19(26)8-10-20/h2-12,14-16,23H,13H2,1H3,(H,31,33)/t16-,23+/m0/s1. The molecule has 1 amide bonds. The summed E-state index contributed by atoms with van der Waals surface area (Å²) in [6, 6.07) is 19.3. The molecule has 5 nitrogen and oxygen atoms in total. The Labute approximate surface area is 193 Å². The molecule has 0 fully saturated rings. The van der Waals surface area contributed by atoms with Crippen LogP contribution in [0.2, 0.25) is 0 Å². The van der Waals surface area contributed by atoms with Gasteiger partial charge in [-0.25, -0.2) is 9.07 Å². The minimum atomic E-state index is -4.99. The third-order valence-electron chi connectivity index (χ3n) is 5.35. The van der Waals surface area contributed by atoms with Gasteiger partial charge in [-0.2, -0.15) is 18.3 Å². The van der Waals surface area contributed by atoms with Crippen LogP contribution in [0.15, 0.2) is 79.0 Å². The molecule has 0 spiro atoms. The number of halogens is 4. The summed E-state index contributed by atoms with van der Waals surface area (Å²) in [4.78, 5) is 11.5. The molecule has 0 aliphatic heterocycles. The fraction of sp³-hybridized carbons (Fsp3) is 0.200. The van der Waals surface area contributed by atoms with Crippen LogP contribution >= 0.6 is 0 Å². The number of rotatable bonds is 7. The van der Waals surface area contributed by atoms with E-state index in [9.17, 15) is 22.4 Å². The number of amides is 1. The Morgan fingerprint density at radius 2 is 1.76 bits per heavy atom. The van der Waals surface area contributed by atoms with E-state index in [4.69, 9.17) is 4.74 Å². The lowest BCUT2D eigenvalue weighted by Gasteiger charge is -2.26. The Morgan fingerprint density at radius 3 is 2.44 bits per heavy atom. The number of nitrogens with one attached hydrogen (secondary N) is 1. The first-order chi connectivity index (χ1) is 16.2. The van der Waals surface area contributed by atoms with Gasteiger partial charge in [-0.15, -0.1) is 0 Å². The number of alkyl halides is 3. The highest BCUT2D eigenvalue weighted by atomic mass is 19.4. The van der Waals surface area contributed by atoms with Crippen LogP contribution in [0.1, 0.15) is 12.5 Å². The molecule has 0 saturated heterocycles. The molecule has 0 aliphatic rings. The van der Waals surface area contributed by atoms with Gasteiger partial charge in [-0.3, -0.25) is 4.79 Å². The molecule has 0 bridgehead atoms. The molecule has 0 aliphatic carbocycles. The van der Waals surface area contributed by atoms with E-state index in [0.717, 1.165) is 16.5 Å². The molecule has 3 aromatic carbocycles. The van der Waals surface area contributed by atoms with Gasteiger partial charge >= 0.3 is 12.1 Å². The molecule has 34 heavy (non-hydrogen) atoms. The minimum Gasteiger partial charge on any atom is -0.488 e. The number of hydrogen-bond acceptors (Lipinski definition) is 3. The summed E-state index contributed by atoms with van der Waals surface area (Å²) in [5.74, 6) is -1.95. The Balaban J connectivity index is 1.59. The average molecular weight is 471 g/mol. The molecule has 9 heteroatoms. The lowest BCUT2D eigenvalue weighted by Crippen LogP contribution is -2.49. The van der Waals surface area contributed by atoms with E-state index in [1.165, 1.54) is 19.1 Å². The monoisotopic (exact) mass is 471 g/mol. The van der Waals surface area contributed by atoms with Crippen molar-refractivity contribution < 1.29 is 27.1 Å². The van der Waals surface area contributed by atoms with Crippen LogP contribution < -0.4 is 10.1 Å². The maximum Gasteiger partial charge on any atom is 0.471 e. The fourth-order valence-electron chi connectivity index (χ4n) is 3.60. The largest absolute Gasteiger partial charge is 0.488 e. The molecule has 1 N–H and O–H groups in total. The van der Waals surface area contributed by atoms with Crippen molar-refractivity contribution in [2.75, 3.05) is 0 Å². The van der Waals surface area contributed by atoms with Crippen molar-refractivity contribution in [2.45, 2.75) is 31.7 Å². The molecule has 0 saturated carbocycles. The molecule has 0 radical (unpaired) electrons. The molecule has 2 atom stereocenters. The van der Waals surface area contributed by atoms with Gasteiger partial charge in [0, 0.05) is 11.8 Å². The highest BCUT2D eigenvalue weighted by Crippen LogP contribution is 2.25. The molecule has 0 unspecified atom stereocenters. The van der Waals surface area contributed by atoms with Gasteiger partial charge in [0.15, 0.2) is 0 Å². The number of aromatic nitrogens is 2. The van der Waals surface area contributed by atoms with Crippen LogP contribution in [-0.2, 0) is 11.2 Å². The molecule has 1 aromatic heterocycles. The topological polar surface area (TPSA) is 56.1 Å². The summed E-state index contributed by atoms with van der Waals surface area (Å²) in [6.45, 7) is 1.47. The normalized spacial score (nSPS) is 13.4. The van der Waals surface area contributed by atoms with Gasteiger partial charge in [0.05, 0.1) is 23.4 Å². The van der Waals surface area contributed by atoms with Crippen LogP contribution in [0.5, 0.6) is 5.75 Å². The second kappa shape index (κ2) is 9.54. The Kier molecular flexibility index (Phi) is 6.54. The van der Waals surface area contributed by atoms with Crippen LogP contribution in [0.4, 0.5) is 17.6 Å². The molecule has 4 rings (SSSR count). The predicted molar refractivity (Wildman–Crippen MR) is 119 cm³/mol. The SMILES string of the molecule is C[C@H](NC(=O)C(F)(F)F)[C@@H](Cc1ccccc1)Oc1ccc2c(cnn2-c2ccc(F)cc2)c1. The van der Waals surface area contributed by atoms with E-state index in [1.807, 2.05) is 35.6 Å². The molecule has 176 valence electrons. The van der Waals surface area contributed by atoms with Crippen molar-refractivity contribution >= 4 is 16.8 Å². The summed E-state index contributed by atoms with van der Waals surface area (Å²) in [5, 5.41) is 7.06. The molecular formula is C25H21F4N3O2. The maximum absolute atomic E-state index is 13.2. The Hall–Kier alpha value is -3.88. The van der Waals surface area contributed by atoms with Gasteiger partial charge in [0.1, 0.15) is 17.7 Å². The van der Waals surface area contributed by atoms with Crippen molar-refractivity contribution in [3.05, 3.63) is 90.4 Å². The van der Waals surface area contributed by atoms with E-state index in [0.29, 0.717) is 11.4 Å². The highest BCUT2D eigenvalue weighted by Gasteiger charge is 2.40. The van der Waals surface area contributed by atoms with Crippen molar-refractivity contribution in [1.29, 1.82) is 0 Å². The summed E-state index contributed by atoms with van der Waals surface area (Å²) < 4.78 is 59.3. The van der Waals surface area contributed by atoms with Crippen molar-refractivity contribution in [3.63, 3.8) is 0 Å². The van der Waals surface area contributed by atoms with E-state index in [1.54, 1.807) is 41.2 Å². The summed E-state index contributed by atoms with van der Waals surface area (Å²) in [7, 11) is 0. The zero-order chi connectivity index (χ0) is 24.3. The summed E-state index contributed by atoms with van der Waals surface area (Å²) in [6.07, 6.45) is -3.85. The molecular weight excluding hydrogens is 450 g/mol. The van der Waals surface area contributed by atoms with Crippen LogP contribution in [0.25, 0.3) is 16.6 Å². The molecule has 4 aromatic rings. The maximum atomic E-state index is 13.2. The Morgan fingerprint density at radius 1 is 1.06 bits per heavy atom. The number of nitrogens with zero attached hydrogens (tertiary/aromatic N) is 2. The smallest absolute Gasteiger partial charge is 0.471 e. The quantitative estimate of drug-likeness (QED) is 0.376. The van der Waals surface area contributed by atoms with Crippen LogP contribution in [0.3, 0.4) is 0 Å². The first-order valence-electron chi connectivity index (χ1n) is 10.5. The van der Waals surface area contributed by atoms with Crippen molar-refractivity contribution in [1.82, 2.24) is 15.1 Å². The first kappa shape index (κ1) is 23.3. The number of fused-ring (bicyclic) bond motifs is 1.